The van der Waals surface area contributed by atoms with Crippen LogP contribution in [0.5, 0.6) is 0 Å². The van der Waals surface area contributed by atoms with E-state index in [9.17, 15) is 0 Å². The molecular weight excluding hydrogens is 212 g/mol. The number of nitrogens with zero attached hydrogens (tertiary/aromatic N) is 3. The fourth-order valence-corrected chi connectivity index (χ4v) is 2.26. The van der Waals surface area contributed by atoms with Crippen molar-refractivity contribution < 1.29 is 0 Å². The molecule has 4 nitrogen and oxygen atoms in total. The Labute approximate surface area is 103 Å². The first-order valence-corrected chi connectivity index (χ1v) is 6.50. The lowest BCUT2D eigenvalue weighted by Crippen LogP contribution is -2.30. The first kappa shape index (κ1) is 12.3. The van der Waals surface area contributed by atoms with Crippen LogP contribution in [0.4, 0.5) is 5.82 Å². The van der Waals surface area contributed by atoms with Crippen LogP contribution < -0.4 is 10.2 Å². The Kier molecular flexibility index (Phi) is 3.94. The number of hydrogen-bond donors (Lipinski definition) is 1. The second-order valence-electron chi connectivity index (χ2n) is 4.72. The maximum Gasteiger partial charge on any atom is 0.136 e. The second kappa shape index (κ2) is 5.45. The molecule has 0 fully saturated rings. The molecule has 17 heavy (non-hydrogen) atoms. The Morgan fingerprint density at radius 2 is 2.18 bits per heavy atom. The molecule has 1 aromatic heterocycles. The Morgan fingerprint density at radius 3 is 2.94 bits per heavy atom. The van der Waals surface area contributed by atoms with Gasteiger partial charge in [-0.05, 0) is 13.3 Å². The monoisotopic (exact) mass is 234 g/mol. The molecule has 0 unspecified atom stereocenters. The second-order valence-corrected chi connectivity index (χ2v) is 4.72. The molecule has 0 saturated heterocycles. The summed E-state index contributed by atoms with van der Waals surface area (Å²) in [5, 5.41) is 3.41. The number of aromatic nitrogens is 2. The molecule has 1 N–H and O–H groups in total. The van der Waals surface area contributed by atoms with Gasteiger partial charge < -0.3 is 10.2 Å². The van der Waals surface area contributed by atoms with Gasteiger partial charge in [0, 0.05) is 38.7 Å². The van der Waals surface area contributed by atoms with Crippen LogP contribution >= 0.6 is 0 Å². The summed E-state index contributed by atoms with van der Waals surface area (Å²) in [6.45, 7) is 7.21. The Morgan fingerprint density at radius 1 is 1.35 bits per heavy atom. The zero-order chi connectivity index (χ0) is 12.3. The third kappa shape index (κ3) is 2.75. The number of fused-ring (bicyclic) bond motifs is 1. The van der Waals surface area contributed by atoms with Gasteiger partial charge >= 0.3 is 0 Å². The summed E-state index contributed by atoms with van der Waals surface area (Å²) < 4.78 is 0. The highest BCUT2D eigenvalue weighted by molar-refractivity contribution is 5.49. The molecule has 0 aliphatic carbocycles. The Hall–Kier alpha value is -1.16. The summed E-state index contributed by atoms with van der Waals surface area (Å²) >= 11 is 0. The normalized spacial score (nSPS) is 14.5. The van der Waals surface area contributed by atoms with E-state index in [0.717, 1.165) is 37.7 Å². The van der Waals surface area contributed by atoms with Crippen LogP contribution in [0.3, 0.4) is 0 Å². The fraction of sp³-hybridized carbons (Fsp3) is 0.692. The number of rotatable bonds is 4. The smallest absolute Gasteiger partial charge is 0.136 e. The van der Waals surface area contributed by atoms with Gasteiger partial charge in [0.25, 0.3) is 0 Å². The fourth-order valence-electron chi connectivity index (χ4n) is 2.26. The minimum atomic E-state index is 0.893. The van der Waals surface area contributed by atoms with Crippen LogP contribution in [-0.4, -0.2) is 30.1 Å². The lowest BCUT2D eigenvalue weighted by Gasteiger charge is -2.25. The van der Waals surface area contributed by atoms with Gasteiger partial charge in [0.2, 0.25) is 0 Å². The Balaban J connectivity index is 2.28. The highest BCUT2D eigenvalue weighted by Gasteiger charge is 2.18. The van der Waals surface area contributed by atoms with E-state index >= 15 is 0 Å². The summed E-state index contributed by atoms with van der Waals surface area (Å²) in [5.74, 6) is 2.01. The van der Waals surface area contributed by atoms with Gasteiger partial charge in [-0.25, -0.2) is 9.97 Å². The molecule has 0 spiro atoms. The Bertz CT molecular complexity index is 389. The third-order valence-electron chi connectivity index (χ3n) is 3.23. The van der Waals surface area contributed by atoms with Gasteiger partial charge in [0.1, 0.15) is 11.6 Å². The van der Waals surface area contributed by atoms with E-state index < -0.39 is 0 Å². The number of unbranched alkanes of at least 4 members (excludes halogenated alkanes) is 1. The van der Waals surface area contributed by atoms with E-state index in [1.807, 2.05) is 6.92 Å². The molecule has 4 heteroatoms. The number of nitrogens with one attached hydrogen (secondary N) is 1. The van der Waals surface area contributed by atoms with Crippen molar-refractivity contribution in [3.8, 4) is 0 Å². The van der Waals surface area contributed by atoms with Crippen LogP contribution in [0.1, 0.15) is 36.8 Å². The average Bonchev–Trinajstić information content (AvgIpc) is 2.34. The topological polar surface area (TPSA) is 41.1 Å². The highest BCUT2D eigenvalue weighted by atomic mass is 15.2. The summed E-state index contributed by atoms with van der Waals surface area (Å²) in [6.07, 6.45) is 3.45. The number of anilines is 1. The van der Waals surface area contributed by atoms with Crippen molar-refractivity contribution in [1.82, 2.24) is 15.3 Å². The van der Waals surface area contributed by atoms with Crippen LogP contribution in [0.2, 0.25) is 0 Å². The van der Waals surface area contributed by atoms with Gasteiger partial charge in [-0.3, -0.25) is 0 Å². The van der Waals surface area contributed by atoms with Crippen LogP contribution in [0.25, 0.3) is 0 Å². The van der Waals surface area contributed by atoms with Crippen LogP contribution in [-0.2, 0) is 13.0 Å². The molecule has 1 aliphatic rings. The molecule has 0 bridgehead atoms. The van der Waals surface area contributed by atoms with Crippen molar-refractivity contribution in [2.75, 3.05) is 25.0 Å². The summed E-state index contributed by atoms with van der Waals surface area (Å²) in [4.78, 5) is 11.4. The first-order valence-electron chi connectivity index (χ1n) is 6.50. The molecule has 2 heterocycles. The summed E-state index contributed by atoms with van der Waals surface area (Å²) in [5.41, 5.74) is 2.52. The van der Waals surface area contributed by atoms with Crippen molar-refractivity contribution in [1.29, 1.82) is 0 Å². The SMILES string of the molecule is CCCCN(C)c1nc(C)nc2c1CNCC2. The standard InChI is InChI=1S/C13H22N4/c1-4-5-8-17(3)13-11-9-14-7-6-12(11)15-10(2)16-13/h14H,4-9H2,1-3H3. The average molecular weight is 234 g/mol. The number of hydrogen-bond acceptors (Lipinski definition) is 4. The van der Waals surface area contributed by atoms with Crippen molar-refractivity contribution >= 4 is 5.82 Å². The quantitative estimate of drug-likeness (QED) is 0.860. The van der Waals surface area contributed by atoms with E-state index in [4.69, 9.17) is 0 Å². The zero-order valence-corrected chi connectivity index (χ0v) is 11.1. The molecule has 94 valence electrons. The molecule has 1 aliphatic heterocycles. The van der Waals surface area contributed by atoms with Crippen LogP contribution in [0, 0.1) is 6.92 Å². The lowest BCUT2D eigenvalue weighted by molar-refractivity contribution is 0.618. The highest BCUT2D eigenvalue weighted by Crippen LogP contribution is 2.22. The van der Waals surface area contributed by atoms with E-state index in [0.29, 0.717) is 0 Å². The summed E-state index contributed by atoms with van der Waals surface area (Å²) in [7, 11) is 2.13. The maximum atomic E-state index is 4.61. The first-order chi connectivity index (χ1) is 8.22. The number of aryl methyl sites for hydroxylation is 1. The maximum absolute atomic E-state index is 4.61. The van der Waals surface area contributed by atoms with Crippen molar-refractivity contribution in [2.45, 2.75) is 39.7 Å². The predicted molar refractivity (Wildman–Crippen MR) is 70.4 cm³/mol. The van der Waals surface area contributed by atoms with E-state index in [-0.39, 0.29) is 0 Å². The van der Waals surface area contributed by atoms with E-state index in [1.54, 1.807) is 0 Å². The molecule has 0 atom stereocenters. The molecule has 0 aromatic carbocycles. The zero-order valence-electron chi connectivity index (χ0n) is 11.1. The van der Waals surface area contributed by atoms with Crippen molar-refractivity contribution in [2.24, 2.45) is 0 Å². The van der Waals surface area contributed by atoms with Gasteiger partial charge in [-0.2, -0.15) is 0 Å². The van der Waals surface area contributed by atoms with Crippen molar-refractivity contribution in [3.05, 3.63) is 17.1 Å². The predicted octanol–water partition coefficient (Wildman–Crippen LogP) is 1.67. The van der Waals surface area contributed by atoms with Gasteiger partial charge in [-0.15, -0.1) is 0 Å². The molecule has 1 aromatic rings. The van der Waals surface area contributed by atoms with Crippen molar-refractivity contribution in [3.63, 3.8) is 0 Å². The van der Waals surface area contributed by atoms with E-state index in [1.165, 1.54) is 24.1 Å². The third-order valence-corrected chi connectivity index (χ3v) is 3.23. The molecule has 0 saturated carbocycles. The molecule has 2 rings (SSSR count). The molecule has 0 amide bonds. The van der Waals surface area contributed by atoms with Gasteiger partial charge in [-0.1, -0.05) is 13.3 Å². The largest absolute Gasteiger partial charge is 0.359 e. The minimum Gasteiger partial charge on any atom is -0.359 e. The molecule has 0 radical (unpaired) electrons. The van der Waals surface area contributed by atoms with Crippen LogP contribution in [0.15, 0.2) is 0 Å². The molecular formula is C13H22N4. The van der Waals surface area contributed by atoms with E-state index in [2.05, 4.69) is 34.2 Å². The van der Waals surface area contributed by atoms with Gasteiger partial charge in [0.05, 0.1) is 5.69 Å². The lowest BCUT2D eigenvalue weighted by atomic mass is 10.1. The minimum absolute atomic E-state index is 0.893. The van der Waals surface area contributed by atoms with Gasteiger partial charge in [0.15, 0.2) is 0 Å². The summed E-state index contributed by atoms with van der Waals surface area (Å²) in [6, 6.07) is 0.